The van der Waals surface area contributed by atoms with Crippen LogP contribution < -0.4 is 5.32 Å². The van der Waals surface area contributed by atoms with Crippen molar-refractivity contribution in [3.63, 3.8) is 0 Å². The van der Waals surface area contributed by atoms with Crippen LogP contribution in [-0.4, -0.2) is 39.5 Å². The molecule has 1 heterocycles. The fourth-order valence-electron chi connectivity index (χ4n) is 2.72. The summed E-state index contributed by atoms with van der Waals surface area (Å²) in [6.45, 7) is 10.5. The van der Waals surface area contributed by atoms with Gasteiger partial charge in [0.05, 0.1) is 12.7 Å². The molecule has 2 atom stereocenters. The molecule has 1 aliphatic rings. The zero-order valence-electron chi connectivity index (χ0n) is 11.2. The minimum atomic E-state index is 0.335. The van der Waals surface area contributed by atoms with Crippen LogP contribution in [0.2, 0.25) is 0 Å². The van der Waals surface area contributed by atoms with Crippen LogP contribution in [-0.2, 0) is 9.47 Å². The highest BCUT2D eigenvalue weighted by molar-refractivity contribution is 4.92. The number of hydrogen-bond donors (Lipinski definition) is 1. The molecular weight excluding hydrogens is 202 g/mol. The van der Waals surface area contributed by atoms with E-state index in [0.29, 0.717) is 11.5 Å². The lowest BCUT2D eigenvalue weighted by Gasteiger charge is -2.34. The molecule has 0 radical (unpaired) electrons. The smallest absolute Gasteiger partial charge is 0.0616 e. The van der Waals surface area contributed by atoms with Gasteiger partial charge < -0.3 is 14.8 Å². The van der Waals surface area contributed by atoms with Crippen molar-refractivity contribution in [3.05, 3.63) is 0 Å². The van der Waals surface area contributed by atoms with E-state index in [1.807, 2.05) is 0 Å². The number of ether oxygens (including phenoxy) is 2. The lowest BCUT2D eigenvalue weighted by Crippen LogP contribution is -2.41. The summed E-state index contributed by atoms with van der Waals surface area (Å²) in [6.07, 6.45) is 2.81. The van der Waals surface area contributed by atoms with Gasteiger partial charge in [-0.3, -0.25) is 0 Å². The number of rotatable bonds is 7. The molecule has 0 amide bonds. The Bertz CT molecular complexity index is 196. The Morgan fingerprint density at radius 2 is 2.25 bits per heavy atom. The summed E-state index contributed by atoms with van der Waals surface area (Å²) >= 11 is 0. The van der Waals surface area contributed by atoms with Crippen molar-refractivity contribution in [1.82, 2.24) is 5.32 Å². The standard InChI is InChI=1S/C13H27NO2/c1-11(2)9-13(5-7-16-12(13)3)10-14-6-8-15-4/h11-12,14H,5-10H2,1-4H3. The average molecular weight is 229 g/mol. The highest BCUT2D eigenvalue weighted by Gasteiger charge is 2.41. The van der Waals surface area contributed by atoms with Crippen LogP contribution >= 0.6 is 0 Å². The molecule has 0 aromatic heterocycles. The third kappa shape index (κ3) is 3.72. The van der Waals surface area contributed by atoms with E-state index in [1.165, 1.54) is 12.8 Å². The highest BCUT2D eigenvalue weighted by atomic mass is 16.5. The topological polar surface area (TPSA) is 30.5 Å². The maximum atomic E-state index is 5.76. The van der Waals surface area contributed by atoms with E-state index in [0.717, 1.165) is 32.2 Å². The maximum Gasteiger partial charge on any atom is 0.0616 e. The third-order valence-electron chi connectivity index (χ3n) is 3.60. The summed E-state index contributed by atoms with van der Waals surface area (Å²) < 4.78 is 10.8. The molecule has 0 spiro atoms. The van der Waals surface area contributed by atoms with Gasteiger partial charge in [-0.2, -0.15) is 0 Å². The SMILES string of the molecule is COCCNCC1(CC(C)C)CCOC1C. The molecule has 0 aliphatic carbocycles. The number of methoxy groups -OCH3 is 1. The molecule has 1 saturated heterocycles. The van der Waals surface area contributed by atoms with Gasteiger partial charge in [-0.15, -0.1) is 0 Å². The maximum absolute atomic E-state index is 5.76. The van der Waals surface area contributed by atoms with Crippen molar-refractivity contribution in [1.29, 1.82) is 0 Å². The average Bonchev–Trinajstić information content (AvgIpc) is 2.55. The van der Waals surface area contributed by atoms with Crippen LogP contribution in [0.3, 0.4) is 0 Å². The van der Waals surface area contributed by atoms with Crippen molar-refractivity contribution in [3.8, 4) is 0 Å². The summed E-state index contributed by atoms with van der Waals surface area (Å²) in [5.74, 6) is 0.730. The summed E-state index contributed by atoms with van der Waals surface area (Å²) in [6, 6.07) is 0. The van der Waals surface area contributed by atoms with E-state index >= 15 is 0 Å². The molecule has 1 aliphatic heterocycles. The Kier molecular flexibility index (Phi) is 5.73. The molecule has 0 saturated carbocycles. The number of hydrogen-bond acceptors (Lipinski definition) is 3. The Morgan fingerprint density at radius 3 is 2.75 bits per heavy atom. The van der Waals surface area contributed by atoms with Crippen molar-refractivity contribution in [2.24, 2.45) is 11.3 Å². The normalized spacial score (nSPS) is 30.2. The second-order valence-electron chi connectivity index (χ2n) is 5.39. The summed E-state index contributed by atoms with van der Waals surface area (Å²) in [5.41, 5.74) is 0.335. The highest BCUT2D eigenvalue weighted by Crippen LogP contribution is 2.39. The van der Waals surface area contributed by atoms with Gasteiger partial charge in [0.15, 0.2) is 0 Å². The third-order valence-corrected chi connectivity index (χ3v) is 3.60. The van der Waals surface area contributed by atoms with Gasteiger partial charge in [-0.1, -0.05) is 13.8 Å². The van der Waals surface area contributed by atoms with E-state index in [2.05, 4.69) is 26.1 Å². The van der Waals surface area contributed by atoms with E-state index in [4.69, 9.17) is 9.47 Å². The van der Waals surface area contributed by atoms with Crippen LogP contribution in [0.4, 0.5) is 0 Å². The first-order chi connectivity index (χ1) is 7.60. The van der Waals surface area contributed by atoms with Gasteiger partial charge in [0.2, 0.25) is 0 Å². The fraction of sp³-hybridized carbons (Fsp3) is 1.00. The minimum absolute atomic E-state index is 0.335. The molecule has 1 fully saturated rings. The molecule has 1 rings (SSSR count). The molecule has 0 aromatic carbocycles. The van der Waals surface area contributed by atoms with Crippen LogP contribution in [0.1, 0.15) is 33.6 Å². The molecular formula is C13H27NO2. The van der Waals surface area contributed by atoms with E-state index in [-0.39, 0.29) is 0 Å². The lowest BCUT2D eigenvalue weighted by atomic mass is 9.75. The van der Waals surface area contributed by atoms with Crippen molar-refractivity contribution < 1.29 is 9.47 Å². The summed E-state index contributed by atoms with van der Waals surface area (Å²) in [7, 11) is 1.74. The fourth-order valence-corrected chi connectivity index (χ4v) is 2.72. The Balaban J connectivity index is 2.44. The van der Waals surface area contributed by atoms with Gasteiger partial charge in [-0.05, 0) is 25.7 Å². The Morgan fingerprint density at radius 1 is 1.50 bits per heavy atom. The van der Waals surface area contributed by atoms with Crippen molar-refractivity contribution in [2.75, 3.05) is 33.4 Å². The monoisotopic (exact) mass is 229 g/mol. The molecule has 2 unspecified atom stereocenters. The second-order valence-corrected chi connectivity index (χ2v) is 5.39. The first-order valence-corrected chi connectivity index (χ1v) is 6.42. The van der Waals surface area contributed by atoms with Crippen molar-refractivity contribution >= 4 is 0 Å². The predicted octanol–water partition coefficient (Wildman–Crippen LogP) is 2.06. The van der Waals surface area contributed by atoms with E-state index in [1.54, 1.807) is 7.11 Å². The Hall–Kier alpha value is -0.120. The first-order valence-electron chi connectivity index (χ1n) is 6.42. The summed E-state index contributed by atoms with van der Waals surface area (Å²) in [5, 5.41) is 3.50. The molecule has 16 heavy (non-hydrogen) atoms. The molecule has 1 N–H and O–H groups in total. The van der Waals surface area contributed by atoms with E-state index in [9.17, 15) is 0 Å². The second kappa shape index (κ2) is 6.58. The summed E-state index contributed by atoms with van der Waals surface area (Å²) in [4.78, 5) is 0. The largest absolute Gasteiger partial charge is 0.383 e. The van der Waals surface area contributed by atoms with Gasteiger partial charge in [0.1, 0.15) is 0 Å². The van der Waals surface area contributed by atoms with Gasteiger partial charge in [0, 0.05) is 32.2 Å². The quantitative estimate of drug-likeness (QED) is 0.678. The van der Waals surface area contributed by atoms with Gasteiger partial charge >= 0.3 is 0 Å². The minimum Gasteiger partial charge on any atom is -0.383 e. The van der Waals surface area contributed by atoms with Crippen LogP contribution in [0, 0.1) is 11.3 Å². The van der Waals surface area contributed by atoms with Gasteiger partial charge in [0.25, 0.3) is 0 Å². The molecule has 0 bridgehead atoms. The molecule has 96 valence electrons. The van der Waals surface area contributed by atoms with Crippen molar-refractivity contribution in [2.45, 2.75) is 39.7 Å². The van der Waals surface area contributed by atoms with Crippen LogP contribution in [0.15, 0.2) is 0 Å². The lowest BCUT2D eigenvalue weighted by molar-refractivity contribution is 0.0507. The van der Waals surface area contributed by atoms with Crippen LogP contribution in [0.5, 0.6) is 0 Å². The van der Waals surface area contributed by atoms with E-state index < -0.39 is 0 Å². The molecule has 3 heteroatoms. The van der Waals surface area contributed by atoms with Crippen LogP contribution in [0.25, 0.3) is 0 Å². The number of nitrogens with one attached hydrogen (secondary N) is 1. The Labute approximate surface area is 99.9 Å². The zero-order valence-corrected chi connectivity index (χ0v) is 11.2. The first kappa shape index (κ1) is 13.9. The van der Waals surface area contributed by atoms with Gasteiger partial charge in [-0.25, -0.2) is 0 Å². The predicted molar refractivity (Wildman–Crippen MR) is 66.7 cm³/mol. The molecule has 0 aromatic rings. The molecule has 3 nitrogen and oxygen atoms in total. The zero-order chi connectivity index (χ0) is 12.0.